The van der Waals surface area contributed by atoms with Gasteiger partial charge in [-0.25, -0.2) is 0 Å². The average molecular weight is 393 g/mol. The summed E-state index contributed by atoms with van der Waals surface area (Å²) in [4.78, 5) is 17.6. The Hall–Kier alpha value is -3.22. The van der Waals surface area contributed by atoms with Gasteiger partial charge in [-0.15, -0.1) is 0 Å². The zero-order valence-corrected chi connectivity index (χ0v) is 16.3. The van der Waals surface area contributed by atoms with Gasteiger partial charge in [-0.05, 0) is 49.2 Å². The predicted molar refractivity (Wildman–Crippen MR) is 107 cm³/mol. The van der Waals surface area contributed by atoms with E-state index in [2.05, 4.69) is 22.2 Å². The third-order valence-corrected chi connectivity index (χ3v) is 5.93. The molecule has 0 N–H and O–H groups in total. The number of carbonyl (C=O) groups excluding carboxylic acids is 1. The van der Waals surface area contributed by atoms with Crippen molar-refractivity contribution in [3.05, 3.63) is 54.4 Å². The van der Waals surface area contributed by atoms with E-state index in [1.165, 1.54) is 0 Å². The number of benzene rings is 1. The van der Waals surface area contributed by atoms with Crippen LogP contribution in [0.15, 0.2) is 57.7 Å². The molecule has 3 heterocycles. The third-order valence-electron chi connectivity index (χ3n) is 5.93. The second-order valence-electron chi connectivity index (χ2n) is 7.61. The van der Waals surface area contributed by atoms with Crippen LogP contribution in [0.1, 0.15) is 18.5 Å². The Morgan fingerprint density at radius 1 is 1.07 bits per heavy atom. The fraction of sp³-hybridized carbons (Fsp3) is 0.364. The Bertz CT molecular complexity index is 982. The zero-order valence-electron chi connectivity index (χ0n) is 16.3. The molecule has 1 aromatic carbocycles. The molecule has 0 spiro atoms. The summed E-state index contributed by atoms with van der Waals surface area (Å²) < 4.78 is 16.0. The van der Waals surface area contributed by atoms with Crippen LogP contribution in [-0.2, 0) is 10.2 Å². The van der Waals surface area contributed by atoms with Crippen LogP contribution in [0.4, 0.5) is 5.69 Å². The molecular weight excluding hydrogens is 370 g/mol. The number of carbonyl (C=O) groups is 1. The predicted octanol–water partition coefficient (Wildman–Crippen LogP) is 3.32. The van der Waals surface area contributed by atoms with Gasteiger partial charge in [0.25, 0.3) is 0 Å². The minimum atomic E-state index is -0.531. The molecule has 0 unspecified atom stereocenters. The molecular formula is C22H23N3O4. The van der Waals surface area contributed by atoms with Gasteiger partial charge in [-0.3, -0.25) is 4.79 Å². The molecule has 2 fully saturated rings. The fourth-order valence-corrected chi connectivity index (χ4v) is 4.00. The maximum absolute atomic E-state index is 13.3. The van der Waals surface area contributed by atoms with Crippen LogP contribution in [0.5, 0.6) is 5.75 Å². The highest BCUT2D eigenvalue weighted by Crippen LogP contribution is 2.50. The highest BCUT2D eigenvalue weighted by atomic mass is 16.5. The van der Waals surface area contributed by atoms with Crippen molar-refractivity contribution in [3.8, 4) is 17.3 Å². The highest BCUT2D eigenvalue weighted by Gasteiger charge is 2.55. The number of amides is 1. The Balaban J connectivity index is 1.25. The highest BCUT2D eigenvalue weighted by molar-refractivity contribution is 5.91. The quantitative estimate of drug-likeness (QED) is 0.662. The van der Waals surface area contributed by atoms with Crippen LogP contribution in [0.3, 0.4) is 0 Å². The summed E-state index contributed by atoms with van der Waals surface area (Å²) in [5, 5.41) is 4.20. The standard InChI is InChI=1S/C22H23N3O4/c1-27-17-6-4-16(5-7-17)24-10-12-25(13-11-24)21(26)22(8-9-22)20-15-19(29-23-20)18-3-2-14-28-18/h2-7,14-15H,8-13H2,1H3. The lowest BCUT2D eigenvalue weighted by Gasteiger charge is -2.37. The molecule has 5 rings (SSSR count). The summed E-state index contributed by atoms with van der Waals surface area (Å²) in [6, 6.07) is 13.5. The van der Waals surface area contributed by atoms with Gasteiger partial charge in [0.15, 0.2) is 5.76 Å². The van der Waals surface area contributed by atoms with Gasteiger partial charge in [0.05, 0.1) is 24.5 Å². The number of piperazine rings is 1. The van der Waals surface area contributed by atoms with Crippen molar-refractivity contribution in [1.82, 2.24) is 10.1 Å². The van der Waals surface area contributed by atoms with Crippen molar-refractivity contribution in [2.24, 2.45) is 0 Å². The second kappa shape index (κ2) is 6.99. The number of hydrogen-bond acceptors (Lipinski definition) is 6. The summed E-state index contributed by atoms with van der Waals surface area (Å²) in [6.07, 6.45) is 3.22. The van der Waals surface area contributed by atoms with Crippen LogP contribution in [-0.4, -0.2) is 49.3 Å². The van der Waals surface area contributed by atoms with Crippen LogP contribution < -0.4 is 9.64 Å². The SMILES string of the molecule is COc1ccc(N2CCN(C(=O)C3(c4cc(-c5ccco5)on4)CC3)CC2)cc1. The van der Waals surface area contributed by atoms with Crippen LogP contribution in [0, 0.1) is 0 Å². The molecule has 7 nitrogen and oxygen atoms in total. The van der Waals surface area contributed by atoms with Crippen LogP contribution >= 0.6 is 0 Å². The molecule has 29 heavy (non-hydrogen) atoms. The number of nitrogens with zero attached hydrogens (tertiary/aromatic N) is 3. The molecule has 1 amide bonds. The first-order valence-electron chi connectivity index (χ1n) is 9.89. The average Bonchev–Trinajstić information content (AvgIpc) is 3.18. The Kier molecular flexibility index (Phi) is 4.30. The van der Waals surface area contributed by atoms with E-state index in [0.29, 0.717) is 30.3 Å². The molecule has 0 bridgehead atoms. The summed E-state index contributed by atoms with van der Waals surface area (Å²) >= 11 is 0. The lowest BCUT2D eigenvalue weighted by Crippen LogP contribution is -2.51. The largest absolute Gasteiger partial charge is 0.497 e. The van der Waals surface area contributed by atoms with Crippen LogP contribution in [0.2, 0.25) is 0 Å². The summed E-state index contributed by atoms with van der Waals surface area (Å²) in [7, 11) is 1.67. The number of furan rings is 1. The van der Waals surface area contributed by atoms with Crippen molar-refractivity contribution in [1.29, 1.82) is 0 Å². The number of rotatable bonds is 5. The van der Waals surface area contributed by atoms with Gasteiger partial charge in [-0.1, -0.05) is 5.16 Å². The number of aromatic nitrogens is 1. The van der Waals surface area contributed by atoms with Gasteiger partial charge in [0.1, 0.15) is 5.75 Å². The normalized spacial score (nSPS) is 18.0. The van der Waals surface area contributed by atoms with Gasteiger partial charge < -0.3 is 23.5 Å². The molecule has 7 heteroatoms. The Morgan fingerprint density at radius 2 is 1.83 bits per heavy atom. The van der Waals surface area contributed by atoms with Gasteiger partial charge in [0, 0.05) is 37.9 Å². The van der Waals surface area contributed by atoms with Crippen molar-refractivity contribution in [2.45, 2.75) is 18.3 Å². The van der Waals surface area contributed by atoms with E-state index in [9.17, 15) is 4.79 Å². The molecule has 2 aliphatic rings. The Morgan fingerprint density at radius 3 is 2.45 bits per heavy atom. The van der Waals surface area contributed by atoms with E-state index in [4.69, 9.17) is 13.7 Å². The lowest BCUT2D eigenvalue weighted by atomic mass is 9.99. The minimum Gasteiger partial charge on any atom is -0.497 e. The second-order valence-corrected chi connectivity index (χ2v) is 7.61. The molecule has 1 aliphatic carbocycles. The van der Waals surface area contributed by atoms with E-state index >= 15 is 0 Å². The summed E-state index contributed by atoms with van der Waals surface area (Å²) in [5.74, 6) is 2.19. The van der Waals surface area contributed by atoms with Crippen molar-refractivity contribution in [3.63, 3.8) is 0 Å². The number of methoxy groups -OCH3 is 1. The molecule has 1 aliphatic heterocycles. The smallest absolute Gasteiger partial charge is 0.235 e. The molecule has 1 saturated carbocycles. The Labute approximate surface area is 168 Å². The first kappa shape index (κ1) is 17.8. The summed E-state index contributed by atoms with van der Waals surface area (Å²) in [6.45, 7) is 3.03. The van der Waals surface area contributed by atoms with Gasteiger partial charge >= 0.3 is 0 Å². The maximum atomic E-state index is 13.3. The third kappa shape index (κ3) is 3.16. The maximum Gasteiger partial charge on any atom is 0.235 e. The summed E-state index contributed by atoms with van der Waals surface area (Å²) in [5.41, 5.74) is 1.33. The van der Waals surface area contributed by atoms with Crippen molar-refractivity contribution in [2.75, 3.05) is 38.2 Å². The van der Waals surface area contributed by atoms with E-state index in [0.717, 1.165) is 37.4 Å². The van der Waals surface area contributed by atoms with Crippen molar-refractivity contribution >= 4 is 11.6 Å². The molecule has 0 radical (unpaired) electrons. The van der Waals surface area contributed by atoms with Gasteiger partial charge in [-0.2, -0.15) is 0 Å². The minimum absolute atomic E-state index is 0.158. The molecule has 1 saturated heterocycles. The van der Waals surface area contributed by atoms with Gasteiger partial charge in [0.2, 0.25) is 11.7 Å². The monoisotopic (exact) mass is 393 g/mol. The molecule has 0 atom stereocenters. The molecule has 3 aromatic rings. The lowest BCUT2D eigenvalue weighted by molar-refractivity contribution is -0.134. The topological polar surface area (TPSA) is 72.0 Å². The van der Waals surface area contributed by atoms with Crippen molar-refractivity contribution < 1.29 is 18.5 Å². The van der Waals surface area contributed by atoms with E-state index < -0.39 is 5.41 Å². The first-order valence-corrected chi connectivity index (χ1v) is 9.89. The fourth-order valence-electron chi connectivity index (χ4n) is 4.00. The number of anilines is 1. The van der Waals surface area contributed by atoms with E-state index in [1.54, 1.807) is 19.4 Å². The zero-order chi connectivity index (χ0) is 19.8. The van der Waals surface area contributed by atoms with E-state index in [-0.39, 0.29) is 5.91 Å². The van der Waals surface area contributed by atoms with Crippen LogP contribution in [0.25, 0.3) is 11.5 Å². The number of hydrogen-bond donors (Lipinski definition) is 0. The molecule has 150 valence electrons. The first-order chi connectivity index (χ1) is 14.2. The number of ether oxygens (including phenoxy) is 1. The molecule has 2 aromatic heterocycles. The van der Waals surface area contributed by atoms with E-state index in [1.807, 2.05) is 29.2 Å².